The maximum atomic E-state index is 12.7. The molecule has 0 aromatic heterocycles. The Hall–Kier alpha value is -3.51. The Kier molecular flexibility index (Phi) is 8.55. The molecule has 3 aromatic rings. The van der Waals surface area contributed by atoms with Gasteiger partial charge in [0.2, 0.25) is 0 Å². The van der Waals surface area contributed by atoms with Gasteiger partial charge in [-0.15, -0.1) is 0 Å². The van der Waals surface area contributed by atoms with Crippen LogP contribution >= 0.6 is 22.6 Å². The van der Waals surface area contributed by atoms with Crippen LogP contribution in [0.15, 0.2) is 66.2 Å². The highest BCUT2D eigenvalue weighted by molar-refractivity contribution is 14.1. The molecule has 1 N–H and O–H groups in total. The van der Waals surface area contributed by atoms with E-state index in [0.717, 1.165) is 14.8 Å². The van der Waals surface area contributed by atoms with E-state index >= 15 is 0 Å². The zero-order chi connectivity index (χ0) is 24.7. The van der Waals surface area contributed by atoms with Crippen molar-refractivity contribution in [2.24, 2.45) is 0 Å². The summed E-state index contributed by atoms with van der Waals surface area (Å²) in [5.41, 5.74) is 4.52. The van der Waals surface area contributed by atoms with Crippen LogP contribution in [0.1, 0.15) is 16.7 Å². The molecule has 0 aliphatic carbocycles. The largest absolute Gasteiger partial charge is 0.493 e. The van der Waals surface area contributed by atoms with Gasteiger partial charge in [0.25, 0.3) is 5.91 Å². The molecule has 34 heavy (non-hydrogen) atoms. The summed E-state index contributed by atoms with van der Waals surface area (Å²) in [5.74, 6) is 0.667. The molecule has 7 heteroatoms. The molecule has 0 heterocycles. The third kappa shape index (κ3) is 6.51. The van der Waals surface area contributed by atoms with E-state index in [9.17, 15) is 10.1 Å². The number of aryl methyl sites for hydroxylation is 1. The van der Waals surface area contributed by atoms with Crippen LogP contribution in [-0.2, 0) is 11.4 Å². The molecule has 0 radical (unpaired) electrons. The van der Waals surface area contributed by atoms with Gasteiger partial charge in [0.05, 0.1) is 10.7 Å². The lowest BCUT2D eigenvalue weighted by Gasteiger charge is -2.14. The lowest BCUT2D eigenvalue weighted by Crippen LogP contribution is -2.14. The van der Waals surface area contributed by atoms with Gasteiger partial charge in [0, 0.05) is 25.5 Å². The molecule has 3 rings (SSSR count). The number of anilines is 2. The van der Waals surface area contributed by atoms with E-state index in [2.05, 4.69) is 27.9 Å². The third-order valence-corrected chi connectivity index (χ3v) is 5.87. The number of carbonyl (C=O) groups is 1. The van der Waals surface area contributed by atoms with E-state index < -0.39 is 5.91 Å². The van der Waals surface area contributed by atoms with Crippen LogP contribution in [0.2, 0.25) is 0 Å². The first kappa shape index (κ1) is 25.1. The van der Waals surface area contributed by atoms with E-state index in [4.69, 9.17) is 9.47 Å². The number of nitriles is 1. The Morgan fingerprint density at radius 3 is 2.38 bits per heavy atom. The molecule has 0 aliphatic heterocycles. The summed E-state index contributed by atoms with van der Waals surface area (Å²) in [7, 11) is 5.45. The summed E-state index contributed by atoms with van der Waals surface area (Å²) in [6, 6.07) is 21.1. The van der Waals surface area contributed by atoms with Crippen molar-refractivity contribution in [1.82, 2.24) is 0 Å². The predicted molar refractivity (Wildman–Crippen MR) is 144 cm³/mol. The van der Waals surface area contributed by atoms with Gasteiger partial charge in [-0.25, -0.2) is 0 Å². The molecule has 174 valence electrons. The fraction of sp³-hybridized carbons (Fsp3) is 0.185. The molecule has 0 bridgehead atoms. The summed E-state index contributed by atoms with van der Waals surface area (Å²) < 4.78 is 12.4. The molecular formula is C27H26IN3O3. The lowest BCUT2D eigenvalue weighted by atomic mass is 10.1. The number of nitrogens with one attached hydrogen (secondary N) is 1. The number of methoxy groups -OCH3 is 1. The Morgan fingerprint density at radius 2 is 1.79 bits per heavy atom. The Labute approximate surface area is 213 Å². The van der Waals surface area contributed by atoms with Crippen LogP contribution in [0, 0.1) is 21.8 Å². The van der Waals surface area contributed by atoms with Crippen LogP contribution in [0.4, 0.5) is 11.4 Å². The third-order valence-electron chi connectivity index (χ3n) is 5.07. The van der Waals surface area contributed by atoms with E-state index in [1.165, 1.54) is 11.6 Å². The summed E-state index contributed by atoms with van der Waals surface area (Å²) in [5, 5.41) is 12.4. The average Bonchev–Trinajstić information content (AvgIpc) is 2.82. The Bertz CT molecular complexity index is 1230. The van der Waals surface area contributed by atoms with Crippen molar-refractivity contribution >= 4 is 45.9 Å². The second-order valence-electron chi connectivity index (χ2n) is 7.87. The molecule has 0 aliphatic rings. The van der Waals surface area contributed by atoms with Crippen molar-refractivity contribution in [3.8, 4) is 17.6 Å². The summed E-state index contributed by atoms with van der Waals surface area (Å²) in [6.45, 7) is 2.44. The first-order valence-corrected chi connectivity index (χ1v) is 11.6. The average molecular weight is 567 g/mol. The van der Waals surface area contributed by atoms with E-state index in [1.54, 1.807) is 25.3 Å². The molecule has 0 atom stereocenters. The van der Waals surface area contributed by atoms with Gasteiger partial charge in [-0.2, -0.15) is 5.26 Å². The van der Waals surface area contributed by atoms with Crippen LogP contribution in [0.25, 0.3) is 6.08 Å². The minimum Gasteiger partial charge on any atom is -0.493 e. The summed E-state index contributed by atoms with van der Waals surface area (Å²) >= 11 is 2.16. The zero-order valence-corrected chi connectivity index (χ0v) is 21.7. The van der Waals surface area contributed by atoms with E-state index in [1.807, 2.05) is 74.5 Å². The summed E-state index contributed by atoms with van der Waals surface area (Å²) in [6.07, 6.45) is 1.54. The second-order valence-corrected chi connectivity index (χ2v) is 9.04. The molecule has 6 nitrogen and oxygen atoms in total. The number of hydrogen-bond acceptors (Lipinski definition) is 5. The lowest BCUT2D eigenvalue weighted by molar-refractivity contribution is -0.112. The minimum absolute atomic E-state index is 0.0112. The normalized spacial score (nSPS) is 10.9. The number of carbonyl (C=O) groups excluding carboxylic acids is 1. The van der Waals surface area contributed by atoms with Crippen molar-refractivity contribution in [2.45, 2.75) is 13.5 Å². The Balaban J connectivity index is 1.78. The van der Waals surface area contributed by atoms with Crippen molar-refractivity contribution < 1.29 is 14.3 Å². The highest BCUT2D eigenvalue weighted by Crippen LogP contribution is 2.35. The highest BCUT2D eigenvalue weighted by Gasteiger charge is 2.14. The standard InChI is InChI=1S/C27H26IN3O3/c1-18-5-7-19(8-6-18)17-34-26-24(28)14-20(15-25(26)33-4)13-21(16-29)27(32)30-22-9-11-23(12-10-22)31(2)3/h5-15H,17H2,1-4H3,(H,30,32)/b21-13-. The number of hydrogen-bond donors (Lipinski definition) is 1. The van der Waals surface area contributed by atoms with Crippen molar-refractivity contribution in [3.05, 3.63) is 86.5 Å². The van der Waals surface area contributed by atoms with Crippen LogP contribution in [-0.4, -0.2) is 27.1 Å². The zero-order valence-electron chi connectivity index (χ0n) is 19.6. The molecule has 0 fully saturated rings. The minimum atomic E-state index is -0.478. The molecule has 0 spiro atoms. The summed E-state index contributed by atoms with van der Waals surface area (Å²) in [4.78, 5) is 14.7. The maximum Gasteiger partial charge on any atom is 0.266 e. The smallest absolute Gasteiger partial charge is 0.266 e. The molecular weight excluding hydrogens is 541 g/mol. The number of halogens is 1. The topological polar surface area (TPSA) is 74.6 Å². The van der Waals surface area contributed by atoms with E-state index in [-0.39, 0.29) is 5.57 Å². The number of benzene rings is 3. The Morgan fingerprint density at radius 1 is 1.12 bits per heavy atom. The maximum absolute atomic E-state index is 12.7. The predicted octanol–water partition coefficient (Wildman–Crippen LogP) is 5.80. The quantitative estimate of drug-likeness (QED) is 0.212. The fourth-order valence-electron chi connectivity index (χ4n) is 3.16. The first-order chi connectivity index (χ1) is 16.3. The van der Waals surface area contributed by atoms with Crippen LogP contribution in [0.3, 0.4) is 0 Å². The highest BCUT2D eigenvalue weighted by atomic mass is 127. The van der Waals surface area contributed by atoms with Gasteiger partial charge in [0.15, 0.2) is 11.5 Å². The molecule has 0 unspecified atom stereocenters. The van der Waals surface area contributed by atoms with Crippen LogP contribution < -0.4 is 19.7 Å². The molecule has 3 aromatic carbocycles. The van der Waals surface area contributed by atoms with E-state index in [0.29, 0.717) is 29.4 Å². The van der Waals surface area contributed by atoms with Gasteiger partial charge in [-0.3, -0.25) is 4.79 Å². The number of ether oxygens (including phenoxy) is 2. The molecule has 0 saturated heterocycles. The van der Waals surface area contributed by atoms with Crippen molar-refractivity contribution in [3.63, 3.8) is 0 Å². The fourth-order valence-corrected chi connectivity index (χ4v) is 3.94. The monoisotopic (exact) mass is 567 g/mol. The number of rotatable bonds is 8. The van der Waals surface area contributed by atoms with Gasteiger partial charge in [-0.05, 0) is 83.1 Å². The van der Waals surface area contributed by atoms with Gasteiger partial charge < -0.3 is 19.7 Å². The number of amides is 1. The number of nitrogens with zero attached hydrogens (tertiary/aromatic N) is 2. The SMILES string of the molecule is COc1cc(/C=C(/C#N)C(=O)Nc2ccc(N(C)C)cc2)cc(I)c1OCc1ccc(C)cc1. The molecule has 0 saturated carbocycles. The van der Waals surface area contributed by atoms with Crippen molar-refractivity contribution in [1.29, 1.82) is 5.26 Å². The van der Waals surface area contributed by atoms with Gasteiger partial charge in [-0.1, -0.05) is 29.8 Å². The second kappa shape index (κ2) is 11.6. The van der Waals surface area contributed by atoms with Crippen molar-refractivity contribution in [2.75, 3.05) is 31.4 Å². The first-order valence-electron chi connectivity index (χ1n) is 10.6. The molecule has 1 amide bonds. The van der Waals surface area contributed by atoms with Crippen LogP contribution in [0.5, 0.6) is 11.5 Å². The van der Waals surface area contributed by atoms with Gasteiger partial charge >= 0.3 is 0 Å². The van der Waals surface area contributed by atoms with Gasteiger partial charge in [0.1, 0.15) is 18.2 Å².